The first-order chi connectivity index (χ1) is 19.3. The van der Waals surface area contributed by atoms with E-state index in [2.05, 4.69) is 74.5 Å². The van der Waals surface area contributed by atoms with Gasteiger partial charge < -0.3 is 0 Å². The molecule has 0 spiro atoms. The van der Waals surface area contributed by atoms with Crippen molar-refractivity contribution in [1.82, 2.24) is 8.75 Å². The summed E-state index contributed by atoms with van der Waals surface area (Å²) < 4.78 is 9.44. The van der Waals surface area contributed by atoms with Crippen LogP contribution in [0.15, 0.2) is 60.7 Å². The highest BCUT2D eigenvalue weighted by Crippen LogP contribution is 2.35. The number of nitrogens with zero attached hydrogens (tertiary/aromatic N) is 2. The summed E-state index contributed by atoms with van der Waals surface area (Å²) in [5, 5.41) is 0. The Balaban J connectivity index is 1.33. The van der Waals surface area contributed by atoms with Crippen LogP contribution < -0.4 is 0 Å². The highest BCUT2D eigenvalue weighted by atomic mass is 32.1. The first-order valence-electron chi connectivity index (χ1n) is 15.7. The number of hydrogen-bond donors (Lipinski definition) is 0. The largest absolute Gasteiger partial charge is 0.172 e. The van der Waals surface area contributed by atoms with E-state index in [1.807, 2.05) is 0 Å². The van der Waals surface area contributed by atoms with E-state index in [4.69, 9.17) is 8.75 Å². The molecule has 3 aromatic carbocycles. The number of hydrogen-bond acceptors (Lipinski definition) is 3. The lowest BCUT2D eigenvalue weighted by atomic mass is 9.95. The summed E-state index contributed by atoms with van der Waals surface area (Å²) in [6.07, 6.45) is 21.4. The number of unbranched alkanes of at least 4 members (excludes halogenated alkanes) is 12. The maximum atomic E-state index is 4.72. The van der Waals surface area contributed by atoms with Crippen molar-refractivity contribution in [3.63, 3.8) is 0 Å². The molecule has 0 aliphatic heterocycles. The maximum Gasteiger partial charge on any atom is 0.113 e. The van der Waals surface area contributed by atoms with Gasteiger partial charge in [0, 0.05) is 11.1 Å². The molecule has 0 radical (unpaired) electrons. The van der Waals surface area contributed by atoms with Crippen LogP contribution in [0.25, 0.3) is 33.3 Å². The molecule has 208 valence electrons. The minimum Gasteiger partial charge on any atom is -0.172 e. The highest BCUT2D eigenvalue weighted by molar-refractivity contribution is 7.00. The summed E-state index contributed by atoms with van der Waals surface area (Å²) in [4.78, 5) is 0. The van der Waals surface area contributed by atoms with Gasteiger partial charge in [0.2, 0.25) is 0 Å². The van der Waals surface area contributed by atoms with Crippen molar-refractivity contribution in [2.75, 3.05) is 0 Å². The molecule has 0 amide bonds. The fraction of sp³-hybridized carbons (Fsp3) is 0.500. The number of aryl methyl sites for hydroxylation is 2. The van der Waals surface area contributed by atoms with Crippen LogP contribution in [0.1, 0.15) is 115 Å². The zero-order chi connectivity index (χ0) is 27.1. The molecule has 2 nitrogen and oxygen atoms in total. The second-order valence-electron chi connectivity index (χ2n) is 11.3. The quantitative estimate of drug-likeness (QED) is 0.117. The van der Waals surface area contributed by atoms with Gasteiger partial charge in [0.1, 0.15) is 11.0 Å². The first kappa shape index (κ1) is 29.5. The summed E-state index contributed by atoms with van der Waals surface area (Å²) in [6, 6.07) is 22.7. The first-order valence-corrected chi connectivity index (χ1v) is 16.5. The predicted octanol–water partition coefficient (Wildman–Crippen LogP) is 11.6. The van der Waals surface area contributed by atoms with E-state index in [1.165, 1.54) is 148 Å². The molecule has 0 saturated heterocycles. The predicted molar refractivity (Wildman–Crippen MR) is 172 cm³/mol. The van der Waals surface area contributed by atoms with Gasteiger partial charge in [-0.05, 0) is 47.9 Å². The molecule has 0 unspecified atom stereocenters. The van der Waals surface area contributed by atoms with Gasteiger partial charge in [-0.25, -0.2) is 0 Å². The summed E-state index contributed by atoms with van der Waals surface area (Å²) in [6.45, 7) is 4.56. The number of aromatic nitrogens is 2. The van der Waals surface area contributed by atoms with Crippen LogP contribution in [0.5, 0.6) is 0 Å². The van der Waals surface area contributed by atoms with Crippen LogP contribution in [0.4, 0.5) is 0 Å². The summed E-state index contributed by atoms with van der Waals surface area (Å²) >= 11 is 1.32. The molecular weight excluding hydrogens is 492 g/mol. The minimum absolute atomic E-state index is 1.02. The third kappa shape index (κ3) is 9.00. The van der Waals surface area contributed by atoms with Crippen molar-refractivity contribution < 1.29 is 0 Å². The van der Waals surface area contributed by atoms with Crippen molar-refractivity contribution in [3.05, 3.63) is 71.8 Å². The number of fused-ring (bicyclic) bond motifs is 1. The Kier molecular flexibility index (Phi) is 12.5. The van der Waals surface area contributed by atoms with Crippen molar-refractivity contribution in [2.45, 2.75) is 117 Å². The van der Waals surface area contributed by atoms with Gasteiger partial charge in [-0.3, -0.25) is 0 Å². The highest BCUT2D eigenvalue weighted by Gasteiger charge is 2.13. The SMILES string of the molecule is CCCCCCCCCc1ccc(-c2ccc(-c3ccc(CCCCCCCCC)cc3)c3nsnc23)cc1. The fourth-order valence-electron chi connectivity index (χ4n) is 5.61. The molecule has 0 saturated carbocycles. The monoisotopic (exact) mass is 540 g/mol. The Morgan fingerprint density at radius 1 is 0.436 bits per heavy atom. The van der Waals surface area contributed by atoms with Crippen LogP contribution >= 0.6 is 11.7 Å². The molecule has 1 aromatic heterocycles. The van der Waals surface area contributed by atoms with Crippen LogP contribution in [-0.2, 0) is 12.8 Å². The molecule has 0 aliphatic rings. The maximum absolute atomic E-state index is 4.72. The molecule has 3 heteroatoms. The van der Waals surface area contributed by atoms with Crippen LogP contribution in [0, 0.1) is 0 Å². The summed E-state index contributed by atoms with van der Waals surface area (Å²) in [7, 11) is 0. The molecule has 0 atom stereocenters. The van der Waals surface area contributed by atoms with Crippen LogP contribution in [0.2, 0.25) is 0 Å². The Bertz CT molecular complexity index is 1130. The average Bonchev–Trinajstić information content (AvgIpc) is 3.47. The Labute approximate surface area is 241 Å². The van der Waals surface area contributed by atoms with Crippen molar-refractivity contribution in [3.8, 4) is 22.3 Å². The van der Waals surface area contributed by atoms with E-state index < -0.39 is 0 Å². The van der Waals surface area contributed by atoms with Gasteiger partial charge in [0.15, 0.2) is 0 Å². The van der Waals surface area contributed by atoms with Gasteiger partial charge in [0.25, 0.3) is 0 Å². The molecule has 0 N–H and O–H groups in total. The third-order valence-electron chi connectivity index (χ3n) is 8.08. The second kappa shape index (κ2) is 16.6. The summed E-state index contributed by atoms with van der Waals surface area (Å²) in [5.41, 5.74) is 9.73. The third-order valence-corrected chi connectivity index (χ3v) is 8.61. The Morgan fingerprint density at radius 2 is 0.795 bits per heavy atom. The summed E-state index contributed by atoms with van der Waals surface area (Å²) in [5.74, 6) is 0. The van der Waals surface area contributed by atoms with Gasteiger partial charge in [-0.1, -0.05) is 152 Å². The molecule has 0 fully saturated rings. The van der Waals surface area contributed by atoms with Gasteiger partial charge in [-0.15, -0.1) is 0 Å². The zero-order valence-corrected chi connectivity index (χ0v) is 25.2. The van der Waals surface area contributed by atoms with E-state index in [-0.39, 0.29) is 0 Å². The molecule has 0 bridgehead atoms. The molecular formula is C36H48N2S. The smallest absolute Gasteiger partial charge is 0.113 e. The van der Waals surface area contributed by atoms with Gasteiger partial charge >= 0.3 is 0 Å². The van der Waals surface area contributed by atoms with Crippen LogP contribution in [-0.4, -0.2) is 8.75 Å². The molecule has 4 rings (SSSR count). The van der Waals surface area contributed by atoms with Crippen molar-refractivity contribution >= 4 is 22.8 Å². The molecule has 1 heterocycles. The van der Waals surface area contributed by atoms with E-state index in [0.29, 0.717) is 0 Å². The number of rotatable bonds is 18. The van der Waals surface area contributed by atoms with Crippen molar-refractivity contribution in [1.29, 1.82) is 0 Å². The molecule has 39 heavy (non-hydrogen) atoms. The van der Waals surface area contributed by atoms with Gasteiger partial charge in [-0.2, -0.15) is 8.75 Å². The van der Waals surface area contributed by atoms with Crippen molar-refractivity contribution in [2.24, 2.45) is 0 Å². The van der Waals surface area contributed by atoms with E-state index in [9.17, 15) is 0 Å². The fourth-order valence-corrected chi connectivity index (χ4v) is 6.18. The normalized spacial score (nSPS) is 11.4. The lowest BCUT2D eigenvalue weighted by Crippen LogP contribution is -1.89. The average molecular weight is 541 g/mol. The van der Waals surface area contributed by atoms with Crippen LogP contribution in [0.3, 0.4) is 0 Å². The van der Waals surface area contributed by atoms with E-state index >= 15 is 0 Å². The lowest BCUT2D eigenvalue weighted by molar-refractivity contribution is 0.589. The topological polar surface area (TPSA) is 25.8 Å². The Hall–Kier alpha value is -2.52. The minimum atomic E-state index is 1.02. The van der Waals surface area contributed by atoms with Gasteiger partial charge in [0.05, 0.1) is 11.7 Å². The van der Waals surface area contributed by atoms with E-state index in [0.717, 1.165) is 11.0 Å². The number of benzene rings is 3. The second-order valence-corrected chi connectivity index (χ2v) is 11.8. The zero-order valence-electron chi connectivity index (χ0n) is 24.4. The molecule has 0 aliphatic carbocycles. The standard InChI is InChI=1S/C36H48N2S/c1-3-5-7-9-11-13-15-17-29-19-23-31(24-20-29)33-27-28-34(36-35(33)37-39-38-36)32-25-21-30(22-26-32)18-16-14-12-10-8-6-4-2/h19-28H,3-18H2,1-2H3. The van der Waals surface area contributed by atoms with E-state index in [1.54, 1.807) is 0 Å². The molecule has 4 aromatic rings. The Morgan fingerprint density at radius 3 is 1.18 bits per heavy atom. The lowest BCUT2D eigenvalue weighted by Gasteiger charge is -2.09.